The molecule has 0 aliphatic heterocycles. The summed E-state index contributed by atoms with van der Waals surface area (Å²) in [5, 5.41) is 2.60. The summed E-state index contributed by atoms with van der Waals surface area (Å²) in [4.78, 5) is 2.31. The molecule has 2 heteroatoms. The Balaban J connectivity index is 0.848. The highest BCUT2D eigenvalue weighted by Crippen LogP contribution is 2.39. The smallest absolute Gasteiger partial charge is 0.0496 e. The number of anilines is 3. The Bertz CT molecular complexity index is 3040. The van der Waals surface area contributed by atoms with E-state index in [1.54, 1.807) is 0 Å². The minimum atomic E-state index is -0.0121. The summed E-state index contributed by atoms with van der Waals surface area (Å²) in [7, 11) is 0. The van der Waals surface area contributed by atoms with Crippen LogP contribution in [-0.4, -0.2) is 4.57 Å². The van der Waals surface area contributed by atoms with E-state index in [2.05, 4.69) is 255 Å². The third-order valence-electron chi connectivity index (χ3n) is 11.7. The van der Waals surface area contributed by atoms with Crippen LogP contribution < -0.4 is 4.90 Å². The minimum absolute atomic E-state index is 0.0121. The van der Waals surface area contributed by atoms with E-state index in [9.17, 15) is 0 Å². The van der Waals surface area contributed by atoms with Crippen molar-refractivity contribution in [3.8, 4) is 55.6 Å². The molecule has 10 aromatic rings. The van der Waals surface area contributed by atoms with Gasteiger partial charge in [-0.3, -0.25) is 0 Å². The summed E-state index contributed by atoms with van der Waals surface area (Å²) >= 11 is 0. The van der Waals surface area contributed by atoms with Gasteiger partial charge in [-0.2, -0.15) is 0 Å². The highest BCUT2D eigenvalue weighted by molar-refractivity contribution is 6.09. The van der Waals surface area contributed by atoms with Gasteiger partial charge in [-0.25, -0.2) is 0 Å². The Labute approximate surface area is 353 Å². The van der Waals surface area contributed by atoms with Gasteiger partial charge in [0.1, 0.15) is 0 Å². The number of hydrogen-bond acceptors (Lipinski definition) is 1. The first kappa shape index (κ1) is 36.9. The van der Waals surface area contributed by atoms with Crippen molar-refractivity contribution in [2.45, 2.75) is 26.3 Å². The lowest BCUT2D eigenvalue weighted by Gasteiger charge is -2.26. The van der Waals surface area contributed by atoms with Crippen LogP contribution in [0.15, 0.2) is 224 Å². The molecule has 10 rings (SSSR count). The van der Waals surface area contributed by atoms with Crippen LogP contribution in [0.3, 0.4) is 0 Å². The first-order valence-corrected chi connectivity index (χ1v) is 20.8. The second-order valence-corrected chi connectivity index (χ2v) is 16.6. The summed E-state index contributed by atoms with van der Waals surface area (Å²) in [5.41, 5.74) is 18.0. The van der Waals surface area contributed by atoms with Crippen LogP contribution in [-0.2, 0) is 5.54 Å². The lowest BCUT2D eigenvalue weighted by Crippen LogP contribution is -2.21. The zero-order chi connectivity index (χ0) is 40.6. The molecule has 0 atom stereocenters. The fourth-order valence-electron chi connectivity index (χ4n) is 8.70. The fourth-order valence-corrected chi connectivity index (χ4v) is 8.70. The van der Waals surface area contributed by atoms with Gasteiger partial charge in [-0.05, 0) is 131 Å². The average molecular weight is 771 g/mol. The van der Waals surface area contributed by atoms with Crippen LogP contribution in [0.2, 0.25) is 0 Å². The van der Waals surface area contributed by atoms with Crippen molar-refractivity contribution < 1.29 is 0 Å². The molecule has 0 saturated carbocycles. The van der Waals surface area contributed by atoms with Crippen LogP contribution in [0.5, 0.6) is 0 Å². The monoisotopic (exact) mass is 770 g/mol. The topological polar surface area (TPSA) is 8.17 Å². The maximum Gasteiger partial charge on any atom is 0.0496 e. The lowest BCUT2D eigenvalue weighted by atomic mass is 9.96. The van der Waals surface area contributed by atoms with Crippen molar-refractivity contribution in [1.82, 2.24) is 4.57 Å². The van der Waals surface area contributed by atoms with Gasteiger partial charge in [0.25, 0.3) is 0 Å². The van der Waals surface area contributed by atoms with E-state index >= 15 is 0 Å². The molecule has 0 radical (unpaired) electrons. The predicted octanol–water partition coefficient (Wildman–Crippen LogP) is 16.4. The molecular weight excluding hydrogens is 725 g/mol. The van der Waals surface area contributed by atoms with Gasteiger partial charge in [0.05, 0.1) is 0 Å². The number of para-hydroxylation sites is 2. The number of benzene rings is 9. The van der Waals surface area contributed by atoms with Crippen molar-refractivity contribution in [2.75, 3.05) is 4.90 Å². The summed E-state index contributed by atoms with van der Waals surface area (Å²) in [6, 6.07) is 81.3. The number of aromatic nitrogens is 1. The Morgan fingerprint density at radius 3 is 1.05 bits per heavy atom. The van der Waals surface area contributed by atoms with Gasteiger partial charge >= 0.3 is 0 Å². The van der Waals surface area contributed by atoms with Gasteiger partial charge in [0.2, 0.25) is 0 Å². The van der Waals surface area contributed by atoms with Crippen LogP contribution in [0.25, 0.3) is 77.4 Å². The van der Waals surface area contributed by atoms with Crippen molar-refractivity contribution >= 4 is 38.9 Å². The van der Waals surface area contributed by atoms with Crippen molar-refractivity contribution in [1.29, 1.82) is 0 Å². The Morgan fingerprint density at radius 2 is 0.600 bits per heavy atom. The van der Waals surface area contributed by atoms with E-state index in [4.69, 9.17) is 0 Å². The van der Waals surface area contributed by atoms with Gasteiger partial charge in [-0.15, -0.1) is 0 Å². The van der Waals surface area contributed by atoms with Crippen LogP contribution in [0.1, 0.15) is 20.8 Å². The van der Waals surface area contributed by atoms with Crippen LogP contribution >= 0.6 is 0 Å². The number of rotatable bonds is 8. The van der Waals surface area contributed by atoms with E-state index in [1.807, 2.05) is 0 Å². The summed E-state index contributed by atoms with van der Waals surface area (Å²) in [6.45, 7) is 6.84. The number of nitrogens with zero attached hydrogens (tertiary/aromatic N) is 2. The SMILES string of the molecule is CC(C)(C)n1c2ccccc2c2cc(-c3ccc(-c4ccc(-c5ccc(-c6ccc(N(c7ccccc7)c7ccc(-c8ccccc8)cc7)cc6)cc5)cc4)cc3)ccc21. The number of hydrogen-bond donors (Lipinski definition) is 0. The minimum Gasteiger partial charge on any atom is -0.335 e. The van der Waals surface area contributed by atoms with Gasteiger partial charge in [-0.1, -0.05) is 170 Å². The summed E-state index contributed by atoms with van der Waals surface area (Å²) in [5.74, 6) is 0. The largest absolute Gasteiger partial charge is 0.335 e. The predicted molar refractivity (Wildman–Crippen MR) is 256 cm³/mol. The first-order chi connectivity index (χ1) is 29.4. The van der Waals surface area contributed by atoms with E-state index in [1.165, 1.54) is 77.4 Å². The highest BCUT2D eigenvalue weighted by atomic mass is 15.1. The number of fused-ring (bicyclic) bond motifs is 3. The zero-order valence-corrected chi connectivity index (χ0v) is 34.3. The first-order valence-electron chi connectivity index (χ1n) is 20.8. The molecule has 0 unspecified atom stereocenters. The molecule has 9 aromatic carbocycles. The maximum atomic E-state index is 2.47. The molecule has 0 N–H and O–H groups in total. The third-order valence-corrected chi connectivity index (χ3v) is 11.7. The molecule has 0 aliphatic rings. The van der Waals surface area contributed by atoms with Gasteiger partial charge in [0.15, 0.2) is 0 Å². The quantitative estimate of drug-likeness (QED) is 0.149. The van der Waals surface area contributed by atoms with E-state index in [-0.39, 0.29) is 5.54 Å². The Hall–Kier alpha value is -7.42. The molecule has 0 bridgehead atoms. The normalized spacial score (nSPS) is 11.6. The highest BCUT2D eigenvalue weighted by Gasteiger charge is 2.21. The molecule has 0 amide bonds. The molecule has 1 heterocycles. The molecule has 0 fully saturated rings. The average Bonchev–Trinajstić information content (AvgIpc) is 3.65. The standard InChI is InChI=1S/C58H46N2/c1-58(2,3)60-56-17-11-10-16-54(56)55-40-50(34-39-57(55)60)49-28-26-45(27-29-49)44-20-18-42(19-21-44)43-22-24-46(25-23-43)48-32-37-53(38-33-48)59(51-14-8-5-9-15-51)52-35-30-47(31-36-52)41-12-6-4-7-13-41/h4-40H,1-3H3. The maximum absolute atomic E-state index is 2.47. The molecule has 60 heavy (non-hydrogen) atoms. The van der Waals surface area contributed by atoms with Crippen molar-refractivity contribution in [3.63, 3.8) is 0 Å². The Kier molecular flexibility index (Phi) is 9.47. The van der Waals surface area contributed by atoms with Crippen molar-refractivity contribution in [3.05, 3.63) is 224 Å². The van der Waals surface area contributed by atoms with E-state index < -0.39 is 0 Å². The van der Waals surface area contributed by atoms with E-state index in [0.717, 1.165) is 17.1 Å². The van der Waals surface area contributed by atoms with Crippen LogP contribution in [0, 0.1) is 0 Å². The molecule has 0 spiro atoms. The van der Waals surface area contributed by atoms with Crippen molar-refractivity contribution in [2.24, 2.45) is 0 Å². The molecule has 0 saturated heterocycles. The second kappa shape index (κ2) is 15.4. The molecule has 0 aliphatic carbocycles. The zero-order valence-electron chi connectivity index (χ0n) is 34.3. The molecule has 288 valence electrons. The second-order valence-electron chi connectivity index (χ2n) is 16.6. The fraction of sp³-hybridized carbons (Fsp3) is 0.0690. The molecule has 2 nitrogen and oxygen atoms in total. The van der Waals surface area contributed by atoms with Gasteiger partial charge < -0.3 is 9.47 Å². The lowest BCUT2D eigenvalue weighted by molar-refractivity contribution is 0.423. The van der Waals surface area contributed by atoms with Crippen LogP contribution in [0.4, 0.5) is 17.1 Å². The third kappa shape index (κ3) is 7.07. The molecule has 1 aromatic heterocycles. The summed E-state index contributed by atoms with van der Waals surface area (Å²) in [6.07, 6.45) is 0. The van der Waals surface area contributed by atoms with Gasteiger partial charge in [0, 0.05) is 44.4 Å². The Morgan fingerprint density at radius 1 is 0.283 bits per heavy atom. The molecular formula is C58H46N2. The van der Waals surface area contributed by atoms with E-state index in [0.29, 0.717) is 0 Å². The summed E-state index contributed by atoms with van der Waals surface area (Å²) < 4.78 is 2.47.